The van der Waals surface area contributed by atoms with Gasteiger partial charge in [-0.25, -0.2) is 4.79 Å². The summed E-state index contributed by atoms with van der Waals surface area (Å²) in [7, 11) is 0. The zero-order valence-electron chi connectivity index (χ0n) is 18.7. The zero-order chi connectivity index (χ0) is 24.8. The molecule has 0 saturated carbocycles. The third-order valence-corrected chi connectivity index (χ3v) is 7.14. The molecular weight excluding hydrogens is 878 g/mol. The van der Waals surface area contributed by atoms with Crippen molar-refractivity contribution in [3.8, 4) is 17.2 Å². The highest BCUT2D eigenvalue weighted by molar-refractivity contribution is 14.1. The van der Waals surface area contributed by atoms with Crippen LogP contribution in [0.5, 0.6) is 17.2 Å². The second kappa shape index (κ2) is 13.3. The number of Topliss-reactive ketones (excluding diaryl/α,β-unsaturated/α-hetero) is 1. The lowest BCUT2D eigenvalue weighted by molar-refractivity contribution is -0.116. The van der Waals surface area contributed by atoms with E-state index in [1.165, 1.54) is 0 Å². The molecule has 33 heavy (non-hydrogen) atoms. The van der Waals surface area contributed by atoms with Crippen molar-refractivity contribution in [3.05, 3.63) is 44.1 Å². The molecule has 0 heterocycles. The molecule has 0 atom stereocenters. The summed E-state index contributed by atoms with van der Waals surface area (Å²) in [5, 5.41) is 2.73. The first-order valence-electron chi connectivity index (χ1n) is 10.1. The number of ether oxygens (including phenoxy) is 3. The molecule has 0 aliphatic rings. The van der Waals surface area contributed by atoms with Gasteiger partial charge in [-0.3, -0.25) is 4.79 Å². The van der Waals surface area contributed by atoms with Gasteiger partial charge in [0.2, 0.25) is 0 Å². The Balaban J connectivity index is 1.97. The van der Waals surface area contributed by atoms with E-state index < -0.39 is 11.7 Å². The number of nitrogens with one attached hydrogen (secondary N) is 1. The van der Waals surface area contributed by atoms with Crippen molar-refractivity contribution >= 4 is 102 Å². The lowest BCUT2D eigenvalue weighted by atomic mass is 10.1. The zero-order valence-corrected chi connectivity index (χ0v) is 27.3. The smallest absolute Gasteiger partial charge is 0.407 e. The highest BCUT2D eigenvalue weighted by Crippen LogP contribution is 2.37. The number of alkyl carbamates (subject to hydrolysis) is 1. The predicted molar refractivity (Wildman–Crippen MR) is 163 cm³/mol. The Bertz CT molecular complexity index is 974. The molecule has 0 fully saturated rings. The third-order valence-electron chi connectivity index (χ3n) is 3.94. The molecular formula is C23H25I4NO5. The van der Waals surface area contributed by atoms with Gasteiger partial charge in [0.05, 0.1) is 20.9 Å². The highest BCUT2D eigenvalue weighted by Gasteiger charge is 2.16. The summed E-state index contributed by atoms with van der Waals surface area (Å²) in [5.74, 6) is 2.42. The van der Waals surface area contributed by atoms with Crippen LogP contribution in [0.1, 0.15) is 39.7 Å². The van der Waals surface area contributed by atoms with Gasteiger partial charge < -0.3 is 19.5 Å². The molecule has 0 unspecified atom stereocenters. The van der Waals surface area contributed by atoms with Crippen molar-refractivity contribution in [1.82, 2.24) is 5.32 Å². The molecule has 0 aliphatic heterocycles. The first kappa shape index (κ1) is 29.1. The van der Waals surface area contributed by atoms with Crippen molar-refractivity contribution in [2.24, 2.45) is 0 Å². The number of amides is 1. The van der Waals surface area contributed by atoms with Crippen molar-refractivity contribution < 1.29 is 23.8 Å². The van der Waals surface area contributed by atoms with Crippen molar-refractivity contribution in [1.29, 1.82) is 0 Å². The van der Waals surface area contributed by atoms with Gasteiger partial charge in [0.1, 0.15) is 22.9 Å². The van der Waals surface area contributed by atoms with Crippen molar-refractivity contribution in [3.63, 3.8) is 0 Å². The normalized spacial score (nSPS) is 11.2. The largest absolute Gasteiger partial charge is 0.491 e. The average Bonchev–Trinajstić information content (AvgIpc) is 2.64. The third kappa shape index (κ3) is 10.2. The van der Waals surface area contributed by atoms with E-state index in [-0.39, 0.29) is 5.78 Å². The molecule has 0 saturated heterocycles. The lowest BCUT2D eigenvalue weighted by Gasteiger charge is -2.19. The highest BCUT2D eigenvalue weighted by atomic mass is 127. The number of carbonyl (C=O) groups is 2. The molecule has 0 aromatic heterocycles. The molecule has 6 nitrogen and oxygen atoms in total. The maximum atomic E-state index is 11.7. The number of hydrogen-bond acceptors (Lipinski definition) is 5. The minimum Gasteiger partial charge on any atom is -0.491 e. The summed E-state index contributed by atoms with van der Waals surface area (Å²) in [6, 6.07) is 7.84. The van der Waals surface area contributed by atoms with E-state index in [0.29, 0.717) is 26.0 Å². The van der Waals surface area contributed by atoms with Gasteiger partial charge in [-0.1, -0.05) is 0 Å². The van der Waals surface area contributed by atoms with Crippen molar-refractivity contribution in [2.75, 3.05) is 13.2 Å². The quantitative estimate of drug-likeness (QED) is 0.211. The van der Waals surface area contributed by atoms with E-state index in [9.17, 15) is 9.59 Å². The van der Waals surface area contributed by atoms with Gasteiger partial charge in [-0.15, -0.1) is 0 Å². The summed E-state index contributed by atoms with van der Waals surface area (Å²) in [6.07, 6.45) is 0.653. The van der Waals surface area contributed by atoms with E-state index in [0.717, 1.165) is 37.1 Å². The van der Waals surface area contributed by atoms with Gasteiger partial charge in [0.15, 0.2) is 5.75 Å². The van der Waals surface area contributed by atoms with Crippen LogP contribution in [-0.2, 0) is 16.0 Å². The number of carbonyl (C=O) groups excluding carboxylic acids is 2. The van der Waals surface area contributed by atoms with E-state index in [4.69, 9.17) is 14.2 Å². The number of benzene rings is 2. The molecule has 0 bridgehead atoms. The Morgan fingerprint density at radius 3 is 1.97 bits per heavy atom. The topological polar surface area (TPSA) is 73.9 Å². The Kier molecular flexibility index (Phi) is 11.7. The van der Waals surface area contributed by atoms with Crippen LogP contribution >= 0.6 is 90.4 Å². The maximum absolute atomic E-state index is 11.7. The molecule has 0 radical (unpaired) electrons. The SMILES string of the molecule is CC(=O)Cc1cc(I)c(Oc2cc(I)c(OCCCNC(=O)OC(C)(C)C)c(I)c2)c(I)c1. The molecule has 2 rings (SSSR count). The van der Waals surface area contributed by atoms with Gasteiger partial charge >= 0.3 is 6.09 Å². The Hall–Kier alpha value is -0.100. The minimum absolute atomic E-state index is 0.135. The Labute approximate surface area is 249 Å². The van der Waals surface area contributed by atoms with E-state index in [1.807, 2.05) is 45.0 Å². The van der Waals surface area contributed by atoms with Crippen LogP contribution in [0.25, 0.3) is 0 Å². The molecule has 2 aromatic rings. The first-order chi connectivity index (χ1) is 15.4. The molecule has 1 N–H and O–H groups in total. The van der Waals surface area contributed by atoms with E-state index >= 15 is 0 Å². The summed E-state index contributed by atoms with van der Waals surface area (Å²) in [4.78, 5) is 23.1. The fourth-order valence-electron chi connectivity index (χ4n) is 2.70. The van der Waals surface area contributed by atoms with Crippen LogP contribution in [0.2, 0.25) is 0 Å². The Morgan fingerprint density at radius 2 is 1.45 bits per heavy atom. The average molecular weight is 903 g/mol. The summed E-state index contributed by atoms with van der Waals surface area (Å²) >= 11 is 8.95. The predicted octanol–water partition coefficient (Wildman–Crippen LogP) is 7.32. The summed E-state index contributed by atoms with van der Waals surface area (Å²) < 4.78 is 21.2. The van der Waals surface area contributed by atoms with Crippen LogP contribution in [-0.4, -0.2) is 30.6 Å². The Morgan fingerprint density at radius 1 is 0.909 bits per heavy atom. The maximum Gasteiger partial charge on any atom is 0.407 e. The van der Waals surface area contributed by atoms with Crippen LogP contribution in [0.3, 0.4) is 0 Å². The van der Waals surface area contributed by atoms with Gasteiger partial charge in [-0.2, -0.15) is 0 Å². The van der Waals surface area contributed by atoms with Crippen LogP contribution in [0.15, 0.2) is 24.3 Å². The second-order valence-corrected chi connectivity index (χ2v) is 12.9. The number of ketones is 1. The number of rotatable bonds is 9. The standard InChI is InChI=1S/C23H25I4NO5/c1-13(29)8-14-9-16(24)21(17(25)10-14)32-15-11-18(26)20(19(27)12-15)31-7-5-6-28-22(30)33-23(2,3)4/h9-12H,5-8H2,1-4H3,(H,28,30). The molecule has 10 heteroatoms. The van der Waals surface area contributed by atoms with Gasteiger partial charge in [-0.05, 0) is 154 Å². The molecule has 0 aliphatic carbocycles. The molecule has 180 valence electrons. The fourth-order valence-corrected chi connectivity index (χ4v) is 6.84. The van der Waals surface area contributed by atoms with Crippen LogP contribution < -0.4 is 14.8 Å². The number of halogens is 4. The molecule has 0 spiro atoms. The lowest BCUT2D eigenvalue weighted by Crippen LogP contribution is -2.33. The monoisotopic (exact) mass is 903 g/mol. The first-order valence-corrected chi connectivity index (χ1v) is 14.4. The van der Waals surface area contributed by atoms with Crippen LogP contribution in [0, 0.1) is 14.3 Å². The number of hydrogen-bond donors (Lipinski definition) is 1. The molecule has 1 amide bonds. The molecule has 2 aromatic carbocycles. The minimum atomic E-state index is -0.511. The van der Waals surface area contributed by atoms with Gasteiger partial charge in [0.25, 0.3) is 0 Å². The van der Waals surface area contributed by atoms with Crippen molar-refractivity contribution in [2.45, 2.75) is 46.1 Å². The summed E-state index contributed by atoms with van der Waals surface area (Å²) in [6.45, 7) is 8.03. The summed E-state index contributed by atoms with van der Waals surface area (Å²) in [5.41, 5.74) is 0.473. The van der Waals surface area contributed by atoms with Gasteiger partial charge in [0, 0.05) is 13.0 Å². The van der Waals surface area contributed by atoms with E-state index in [1.54, 1.807) is 6.92 Å². The van der Waals surface area contributed by atoms with E-state index in [2.05, 4.69) is 95.7 Å². The van der Waals surface area contributed by atoms with Crippen LogP contribution in [0.4, 0.5) is 4.79 Å². The fraction of sp³-hybridized carbons (Fsp3) is 0.391. The second-order valence-electron chi connectivity index (χ2n) is 8.22.